The zero-order chi connectivity index (χ0) is 13.9. The zero-order valence-electron chi connectivity index (χ0n) is 9.72. The van der Waals surface area contributed by atoms with Crippen LogP contribution in [-0.4, -0.2) is 39.7 Å². The van der Waals surface area contributed by atoms with Gasteiger partial charge in [-0.3, -0.25) is 13.7 Å². The van der Waals surface area contributed by atoms with E-state index in [2.05, 4.69) is 9.05 Å². The van der Waals surface area contributed by atoms with E-state index in [9.17, 15) is 23.5 Å². The highest BCUT2D eigenvalue weighted by Gasteiger charge is 2.38. The van der Waals surface area contributed by atoms with E-state index < -0.39 is 40.5 Å². The van der Waals surface area contributed by atoms with Gasteiger partial charge in [0.15, 0.2) is 0 Å². The Labute approximate surface area is 99.5 Å². The molecule has 0 aliphatic heterocycles. The van der Waals surface area contributed by atoms with E-state index in [1.165, 1.54) is 13.8 Å². The summed E-state index contributed by atoms with van der Waals surface area (Å²) in [6, 6.07) is 0. The minimum Gasteiger partial charge on any atom is -0.343 e. The number of hydrogen-bond donors (Lipinski definition) is 3. The molecule has 8 nitrogen and oxygen atoms in total. The van der Waals surface area contributed by atoms with E-state index in [1.54, 1.807) is 0 Å². The molecule has 0 spiro atoms. The Morgan fingerprint density at radius 3 is 1.76 bits per heavy atom. The minimum absolute atomic E-state index is 0.603. The summed E-state index contributed by atoms with van der Waals surface area (Å²) in [6.07, 6.45) is -0.603. The Morgan fingerprint density at radius 2 is 1.41 bits per heavy atom. The summed E-state index contributed by atoms with van der Waals surface area (Å²) in [4.78, 5) is 27.7. The standard InChI is InChI=1S/C6H17O8P3/c1-6(2)14-17(11,12)5-15(7,8)4-16(9,10)13-3/h6H,4-5H2,1-3H3,(H,7,8)(H,9,10)(H,11,12). The van der Waals surface area contributed by atoms with Crippen LogP contribution in [-0.2, 0) is 22.7 Å². The lowest BCUT2D eigenvalue weighted by molar-refractivity contribution is 0.207. The summed E-state index contributed by atoms with van der Waals surface area (Å²) in [5.74, 6) is -2.16. The van der Waals surface area contributed by atoms with E-state index in [0.29, 0.717) is 0 Å². The molecule has 0 aromatic rings. The normalized spacial score (nSPS) is 22.8. The van der Waals surface area contributed by atoms with Gasteiger partial charge in [-0.1, -0.05) is 0 Å². The SMILES string of the molecule is COP(=O)(O)CP(=O)(O)CP(=O)(O)OC(C)C. The van der Waals surface area contributed by atoms with Crippen molar-refractivity contribution in [2.24, 2.45) is 0 Å². The fourth-order valence-electron chi connectivity index (χ4n) is 1.02. The Hall–Kier alpha value is 0.490. The van der Waals surface area contributed by atoms with Crippen LogP contribution >= 0.6 is 22.6 Å². The lowest BCUT2D eigenvalue weighted by Gasteiger charge is -2.19. The molecule has 0 rings (SSSR count). The molecule has 11 heteroatoms. The van der Waals surface area contributed by atoms with E-state index in [4.69, 9.17) is 4.89 Å². The van der Waals surface area contributed by atoms with Crippen LogP contribution in [0.1, 0.15) is 13.8 Å². The van der Waals surface area contributed by atoms with Crippen LogP contribution in [0.2, 0.25) is 0 Å². The molecule has 0 heterocycles. The molecule has 0 aliphatic carbocycles. The molecule has 3 atom stereocenters. The summed E-state index contributed by atoms with van der Waals surface area (Å²) in [5.41, 5.74) is 0. The topological polar surface area (TPSA) is 130 Å². The van der Waals surface area contributed by atoms with E-state index in [-0.39, 0.29) is 0 Å². The van der Waals surface area contributed by atoms with Crippen molar-refractivity contribution in [1.82, 2.24) is 0 Å². The van der Waals surface area contributed by atoms with Crippen LogP contribution in [0.4, 0.5) is 0 Å². The first-order chi connectivity index (χ1) is 7.39. The lowest BCUT2D eigenvalue weighted by atomic mass is 10.5. The molecule has 0 saturated heterocycles. The smallest absolute Gasteiger partial charge is 0.337 e. The lowest BCUT2D eigenvalue weighted by Crippen LogP contribution is -2.05. The summed E-state index contributed by atoms with van der Waals surface area (Å²) >= 11 is 0. The van der Waals surface area contributed by atoms with Gasteiger partial charge in [-0.05, 0) is 13.8 Å². The van der Waals surface area contributed by atoms with Gasteiger partial charge in [-0.15, -0.1) is 0 Å². The van der Waals surface area contributed by atoms with Gasteiger partial charge in [0.1, 0.15) is 11.8 Å². The third-order valence-electron chi connectivity index (χ3n) is 1.46. The van der Waals surface area contributed by atoms with E-state index >= 15 is 0 Å². The summed E-state index contributed by atoms with van der Waals surface area (Å²) in [6.45, 7) is 2.97. The van der Waals surface area contributed by atoms with Gasteiger partial charge in [-0.2, -0.15) is 0 Å². The van der Waals surface area contributed by atoms with Gasteiger partial charge in [0.05, 0.1) is 6.10 Å². The van der Waals surface area contributed by atoms with Crippen molar-refractivity contribution >= 4 is 22.6 Å². The fourth-order valence-corrected chi connectivity index (χ4v) is 8.04. The maximum Gasteiger partial charge on any atom is 0.337 e. The van der Waals surface area contributed by atoms with Gasteiger partial charge in [0, 0.05) is 7.11 Å². The molecule has 0 bridgehead atoms. The molecule has 0 fully saturated rings. The minimum atomic E-state index is -4.28. The molecule has 0 aliphatic rings. The summed E-state index contributed by atoms with van der Waals surface area (Å²) < 4.78 is 42.7. The third kappa shape index (κ3) is 8.25. The second-order valence-corrected chi connectivity index (χ2v) is 10.8. The highest BCUT2D eigenvalue weighted by atomic mass is 31.3. The second-order valence-electron chi connectivity index (χ2n) is 3.74. The summed E-state index contributed by atoms with van der Waals surface area (Å²) in [5, 5.41) is 0. The Kier molecular flexibility index (Phi) is 6.27. The predicted octanol–water partition coefficient (Wildman–Crippen LogP) is 1.61. The maximum absolute atomic E-state index is 11.5. The molecule has 17 heavy (non-hydrogen) atoms. The van der Waals surface area contributed by atoms with Gasteiger partial charge in [0.2, 0.25) is 7.37 Å². The molecule has 0 aromatic carbocycles. The highest BCUT2D eigenvalue weighted by molar-refractivity contribution is 7.79. The zero-order valence-corrected chi connectivity index (χ0v) is 12.4. The van der Waals surface area contributed by atoms with Crippen LogP contribution in [0.25, 0.3) is 0 Å². The molecule has 0 saturated carbocycles. The quantitative estimate of drug-likeness (QED) is 0.604. The predicted molar refractivity (Wildman–Crippen MR) is 62.4 cm³/mol. The average Bonchev–Trinajstić information content (AvgIpc) is 1.96. The molecule has 3 N–H and O–H groups in total. The van der Waals surface area contributed by atoms with Gasteiger partial charge in [0.25, 0.3) is 0 Å². The largest absolute Gasteiger partial charge is 0.343 e. The molecular formula is C6H17O8P3. The Morgan fingerprint density at radius 1 is 1.00 bits per heavy atom. The highest BCUT2D eigenvalue weighted by Crippen LogP contribution is 2.64. The van der Waals surface area contributed by atoms with Crippen LogP contribution in [0.5, 0.6) is 0 Å². The van der Waals surface area contributed by atoms with E-state index in [0.717, 1.165) is 7.11 Å². The van der Waals surface area contributed by atoms with Crippen LogP contribution in [0.3, 0.4) is 0 Å². The Balaban J connectivity index is 4.71. The van der Waals surface area contributed by atoms with E-state index in [1.807, 2.05) is 0 Å². The molecule has 0 radical (unpaired) electrons. The first-order valence-corrected chi connectivity index (χ1v) is 10.1. The van der Waals surface area contributed by atoms with Crippen LogP contribution in [0.15, 0.2) is 0 Å². The summed E-state index contributed by atoms with van der Waals surface area (Å²) in [7, 11) is -11.9. The van der Waals surface area contributed by atoms with Gasteiger partial charge >= 0.3 is 15.2 Å². The third-order valence-corrected chi connectivity index (χ3v) is 9.18. The first-order valence-electron chi connectivity index (χ1n) is 4.58. The van der Waals surface area contributed by atoms with Crippen molar-refractivity contribution in [3.63, 3.8) is 0 Å². The molecular weight excluding hydrogens is 293 g/mol. The Bertz CT molecular complexity index is 391. The van der Waals surface area contributed by atoms with Crippen molar-refractivity contribution in [2.45, 2.75) is 20.0 Å². The maximum atomic E-state index is 11.5. The van der Waals surface area contributed by atoms with Crippen molar-refractivity contribution < 1.29 is 37.4 Å². The second kappa shape index (κ2) is 6.09. The molecule has 104 valence electrons. The monoisotopic (exact) mass is 310 g/mol. The molecule has 3 unspecified atom stereocenters. The van der Waals surface area contributed by atoms with Crippen LogP contribution in [0, 0.1) is 0 Å². The molecule has 0 amide bonds. The van der Waals surface area contributed by atoms with Crippen molar-refractivity contribution in [2.75, 3.05) is 18.9 Å². The number of hydrogen-bond acceptors (Lipinski definition) is 5. The van der Waals surface area contributed by atoms with Crippen molar-refractivity contribution in [3.8, 4) is 0 Å². The van der Waals surface area contributed by atoms with Gasteiger partial charge in [-0.25, -0.2) is 0 Å². The van der Waals surface area contributed by atoms with Crippen molar-refractivity contribution in [3.05, 3.63) is 0 Å². The average molecular weight is 310 g/mol. The first kappa shape index (κ1) is 17.5. The fraction of sp³-hybridized carbons (Fsp3) is 1.00. The molecule has 0 aromatic heterocycles. The van der Waals surface area contributed by atoms with Crippen molar-refractivity contribution in [1.29, 1.82) is 0 Å². The number of rotatable bonds is 7. The van der Waals surface area contributed by atoms with Gasteiger partial charge < -0.3 is 23.7 Å². The van der Waals surface area contributed by atoms with Crippen LogP contribution < -0.4 is 0 Å².